The maximum atomic E-state index is 12.7. The van der Waals surface area contributed by atoms with E-state index < -0.39 is 0 Å². The van der Waals surface area contributed by atoms with Crippen molar-refractivity contribution < 1.29 is 4.79 Å². The number of carbonyl (C=O) groups is 1. The molecule has 5 nitrogen and oxygen atoms in total. The lowest BCUT2D eigenvalue weighted by atomic mass is 9.49. The summed E-state index contributed by atoms with van der Waals surface area (Å²) in [5.74, 6) is 2.21. The molecule has 2 fully saturated rings. The highest BCUT2D eigenvalue weighted by molar-refractivity contribution is 6.34. The van der Waals surface area contributed by atoms with Gasteiger partial charge in [0, 0.05) is 25.7 Å². The van der Waals surface area contributed by atoms with Gasteiger partial charge in [-0.15, -0.1) is 0 Å². The van der Waals surface area contributed by atoms with E-state index in [-0.39, 0.29) is 5.91 Å². The number of hydrogen-bond acceptors (Lipinski definition) is 3. The second-order valence-corrected chi connectivity index (χ2v) is 10.3. The van der Waals surface area contributed by atoms with E-state index in [0.29, 0.717) is 22.0 Å². The Bertz CT molecular complexity index is 1000. The molecule has 1 N–H and O–H groups in total. The summed E-state index contributed by atoms with van der Waals surface area (Å²) in [6.45, 7) is 8.14. The number of likely N-dealkylation sites (tertiary alicyclic amines) is 1. The zero-order valence-electron chi connectivity index (χ0n) is 18.4. The second kappa shape index (κ2) is 8.10. The maximum absolute atomic E-state index is 12.7. The van der Waals surface area contributed by atoms with Crippen LogP contribution in [0, 0.1) is 17.3 Å². The van der Waals surface area contributed by atoms with Crippen molar-refractivity contribution >= 4 is 23.3 Å². The number of benzene rings is 1. The molecule has 0 spiro atoms. The van der Waals surface area contributed by atoms with E-state index in [0.717, 1.165) is 50.1 Å². The van der Waals surface area contributed by atoms with Crippen LogP contribution in [0.1, 0.15) is 55.9 Å². The zero-order valence-corrected chi connectivity index (χ0v) is 19.1. The van der Waals surface area contributed by atoms with Gasteiger partial charge in [0.2, 0.25) is 0 Å². The van der Waals surface area contributed by atoms with Gasteiger partial charge in [0.1, 0.15) is 5.82 Å². The van der Waals surface area contributed by atoms with Crippen molar-refractivity contribution in [1.29, 1.82) is 0 Å². The molecule has 0 radical (unpaired) electrons. The fraction of sp³-hybridized carbons (Fsp3) is 0.520. The lowest BCUT2D eigenvalue weighted by Gasteiger charge is -2.57. The number of fused-ring (bicyclic) bond motifs is 1. The van der Waals surface area contributed by atoms with Crippen LogP contribution in [0.3, 0.4) is 0 Å². The van der Waals surface area contributed by atoms with Crippen LogP contribution in [-0.2, 0) is 0 Å². The van der Waals surface area contributed by atoms with E-state index in [2.05, 4.69) is 35.2 Å². The fourth-order valence-electron chi connectivity index (χ4n) is 5.77. The first-order chi connectivity index (χ1) is 14.9. The van der Waals surface area contributed by atoms with E-state index in [9.17, 15) is 4.79 Å². The normalized spacial score (nSPS) is 25.6. The largest absolute Gasteiger partial charge is 0.307 e. The minimum Gasteiger partial charge on any atom is -0.307 e. The number of anilines is 1. The van der Waals surface area contributed by atoms with E-state index in [4.69, 9.17) is 11.6 Å². The number of nitrogens with one attached hydrogen (secondary N) is 1. The Morgan fingerprint density at radius 2 is 2.00 bits per heavy atom. The van der Waals surface area contributed by atoms with Gasteiger partial charge < -0.3 is 5.32 Å². The van der Waals surface area contributed by atoms with Gasteiger partial charge in [0.15, 0.2) is 0 Å². The van der Waals surface area contributed by atoms with E-state index >= 15 is 0 Å². The molecule has 2 aromatic rings. The summed E-state index contributed by atoms with van der Waals surface area (Å²) in [7, 11) is 0. The van der Waals surface area contributed by atoms with Crippen LogP contribution in [0.4, 0.5) is 5.82 Å². The molecule has 6 heteroatoms. The van der Waals surface area contributed by atoms with Gasteiger partial charge in [0.05, 0.1) is 22.8 Å². The SMILES string of the molecule is CC1(C)[C@H]2CC=C(CN3CCC(n4nccc4NC(=O)c4ccccc4Cl)CC3)[C@@H]1C2. The van der Waals surface area contributed by atoms with Gasteiger partial charge in [0.25, 0.3) is 5.91 Å². The minimum atomic E-state index is -0.199. The predicted octanol–water partition coefficient (Wildman–Crippen LogP) is 5.42. The van der Waals surface area contributed by atoms with Crippen LogP contribution in [0.2, 0.25) is 5.02 Å². The third kappa shape index (κ3) is 3.83. The molecule has 2 bridgehead atoms. The quantitative estimate of drug-likeness (QED) is 0.634. The van der Waals surface area contributed by atoms with Crippen LogP contribution in [-0.4, -0.2) is 40.2 Å². The van der Waals surface area contributed by atoms with Gasteiger partial charge in [-0.2, -0.15) is 5.10 Å². The number of amides is 1. The molecule has 6 rings (SSSR count). The van der Waals surface area contributed by atoms with Crippen molar-refractivity contribution in [3.05, 3.63) is 58.8 Å². The molecule has 1 saturated heterocycles. The molecule has 1 aromatic heterocycles. The molecule has 2 atom stereocenters. The standard InChI is InChI=1S/C25H31ClN4O/c1-25(2)18-8-7-17(21(25)15-18)16-29-13-10-19(11-14-29)30-23(9-12-27-30)28-24(31)20-5-3-4-6-22(20)26/h3-7,9,12,18-19,21H,8,10-11,13-16H2,1-2H3,(H,28,31)/t18-,21-/m0/s1. The molecular formula is C25H31ClN4O. The van der Waals surface area contributed by atoms with Gasteiger partial charge in [-0.1, -0.05) is 49.2 Å². The summed E-state index contributed by atoms with van der Waals surface area (Å²) >= 11 is 6.18. The summed E-state index contributed by atoms with van der Waals surface area (Å²) < 4.78 is 1.98. The highest BCUT2D eigenvalue weighted by atomic mass is 35.5. The molecule has 1 saturated carbocycles. The Labute approximate surface area is 189 Å². The van der Waals surface area contributed by atoms with Crippen LogP contribution >= 0.6 is 11.6 Å². The molecule has 0 unspecified atom stereocenters. The average Bonchev–Trinajstić information content (AvgIpc) is 3.22. The number of nitrogens with zero attached hydrogens (tertiary/aromatic N) is 3. The van der Waals surface area contributed by atoms with Crippen LogP contribution in [0.15, 0.2) is 48.2 Å². The fourth-order valence-corrected chi connectivity index (χ4v) is 5.99. The molecule has 31 heavy (non-hydrogen) atoms. The number of hydrogen-bond donors (Lipinski definition) is 1. The number of carbonyl (C=O) groups excluding carboxylic acids is 1. The first-order valence-corrected chi connectivity index (χ1v) is 11.8. The van der Waals surface area contributed by atoms with Crippen molar-refractivity contribution in [2.24, 2.45) is 17.3 Å². The lowest BCUT2D eigenvalue weighted by Crippen LogP contribution is -2.50. The van der Waals surface area contributed by atoms with E-state index in [1.54, 1.807) is 23.9 Å². The number of rotatable bonds is 5. The highest BCUT2D eigenvalue weighted by Gasteiger charge is 2.51. The van der Waals surface area contributed by atoms with Crippen molar-refractivity contribution in [1.82, 2.24) is 14.7 Å². The average molecular weight is 439 g/mol. The summed E-state index contributed by atoms with van der Waals surface area (Å²) in [5.41, 5.74) is 2.64. The van der Waals surface area contributed by atoms with Gasteiger partial charge in [-0.05, 0) is 55.1 Å². The Morgan fingerprint density at radius 3 is 2.71 bits per heavy atom. The summed E-state index contributed by atoms with van der Waals surface area (Å²) in [5, 5.41) is 7.98. The smallest absolute Gasteiger partial charge is 0.258 e. The van der Waals surface area contributed by atoms with Crippen LogP contribution in [0.5, 0.6) is 0 Å². The van der Waals surface area contributed by atoms with Gasteiger partial charge in [-0.3, -0.25) is 9.69 Å². The second-order valence-electron chi connectivity index (χ2n) is 9.92. The molecule has 1 amide bonds. The van der Waals surface area contributed by atoms with Crippen molar-refractivity contribution in [3.63, 3.8) is 0 Å². The molecule has 1 aromatic carbocycles. The minimum absolute atomic E-state index is 0.199. The topological polar surface area (TPSA) is 50.2 Å². The number of piperidine rings is 1. The Kier molecular flexibility index (Phi) is 5.43. The van der Waals surface area contributed by atoms with Gasteiger partial charge >= 0.3 is 0 Å². The van der Waals surface area contributed by atoms with Crippen molar-refractivity contribution in [2.45, 2.75) is 45.6 Å². The Hall–Kier alpha value is -2.11. The van der Waals surface area contributed by atoms with Crippen LogP contribution < -0.4 is 5.32 Å². The molecule has 164 valence electrons. The lowest BCUT2D eigenvalue weighted by molar-refractivity contribution is -0.0115. The van der Waals surface area contributed by atoms with Crippen molar-refractivity contribution in [2.75, 3.05) is 25.0 Å². The number of aromatic nitrogens is 2. The maximum Gasteiger partial charge on any atom is 0.258 e. The summed E-state index contributed by atoms with van der Waals surface area (Å²) in [6, 6.07) is 9.28. The summed E-state index contributed by atoms with van der Waals surface area (Å²) in [6.07, 6.45) is 9.01. The summed E-state index contributed by atoms with van der Waals surface area (Å²) in [4.78, 5) is 15.3. The highest BCUT2D eigenvalue weighted by Crippen LogP contribution is 2.59. The molecular weight excluding hydrogens is 408 g/mol. The van der Waals surface area contributed by atoms with Gasteiger partial charge in [-0.25, -0.2) is 4.68 Å². The third-order valence-corrected chi connectivity index (χ3v) is 8.25. The Balaban J connectivity index is 1.19. The first-order valence-electron chi connectivity index (χ1n) is 11.4. The number of halogens is 1. The zero-order chi connectivity index (χ0) is 21.6. The predicted molar refractivity (Wildman–Crippen MR) is 124 cm³/mol. The Morgan fingerprint density at radius 1 is 1.23 bits per heavy atom. The monoisotopic (exact) mass is 438 g/mol. The number of allylic oxidation sites excluding steroid dienone is 1. The van der Waals surface area contributed by atoms with E-state index in [1.165, 1.54) is 12.8 Å². The van der Waals surface area contributed by atoms with E-state index in [1.807, 2.05) is 22.9 Å². The molecule has 3 aliphatic carbocycles. The van der Waals surface area contributed by atoms with Crippen molar-refractivity contribution in [3.8, 4) is 0 Å². The molecule has 2 heterocycles. The molecule has 4 aliphatic rings. The first kappa shape index (κ1) is 20.8. The third-order valence-electron chi connectivity index (χ3n) is 7.92. The molecule has 1 aliphatic heterocycles. The van der Waals surface area contributed by atoms with Crippen LogP contribution in [0.25, 0.3) is 0 Å².